The molecule has 0 saturated carbocycles. The number of methoxy groups -OCH3 is 1. The number of hydrogen-bond donors (Lipinski definition) is 1. The topological polar surface area (TPSA) is 93.1 Å². The molecule has 0 spiro atoms. The minimum Gasteiger partial charge on any atom is -0.481 e. The molecule has 0 aromatic carbocycles. The molecule has 2 unspecified atom stereocenters. The van der Waals surface area contributed by atoms with E-state index in [0.717, 1.165) is 11.1 Å². The number of hydrogen-bond acceptors (Lipinski definition) is 5. The third kappa shape index (κ3) is 3.83. The molecule has 0 aromatic heterocycles. The Hall–Kier alpha value is -2.05. The van der Waals surface area contributed by atoms with E-state index in [1.807, 2.05) is 0 Å². The fraction of sp³-hybridized carbons (Fsp3) is 0.688. The molecule has 0 saturated heterocycles. The van der Waals surface area contributed by atoms with Crippen LogP contribution in [0.1, 0.15) is 33.6 Å². The molecule has 7 nitrogen and oxygen atoms in total. The lowest BCUT2D eigenvalue weighted by Gasteiger charge is -2.27. The molecule has 1 heterocycles. The number of amides is 1. The molecule has 1 aliphatic carbocycles. The molecule has 1 N–H and O–H groups in total. The van der Waals surface area contributed by atoms with Crippen LogP contribution in [-0.4, -0.2) is 53.8 Å². The standard InChI is InChI=1S/C16H23NO6/c1-16(2,3)23-15(21)17-7-9-5-11(13(18)19)12(14(20)22-4)6-10(9)8-17/h11-12H,5-8H2,1-4H3,(H,18,19). The van der Waals surface area contributed by atoms with Crippen molar-refractivity contribution in [3.63, 3.8) is 0 Å². The minimum atomic E-state index is -1.01. The van der Waals surface area contributed by atoms with E-state index in [-0.39, 0.29) is 6.42 Å². The Bertz CT molecular complexity index is 559. The average molecular weight is 325 g/mol. The fourth-order valence-corrected chi connectivity index (χ4v) is 3.09. The van der Waals surface area contributed by atoms with Gasteiger partial charge in [-0.25, -0.2) is 4.79 Å². The number of esters is 1. The molecule has 128 valence electrons. The summed E-state index contributed by atoms with van der Waals surface area (Å²) in [5.41, 5.74) is 1.28. The first kappa shape index (κ1) is 17.3. The van der Waals surface area contributed by atoms with Crippen LogP contribution in [-0.2, 0) is 19.1 Å². The monoisotopic (exact) mass is 325 g/mol. The van der Waals surface area contributed by atoms with Crippen LogP contribution in [0.15, 0.2) is 11.1 Å². The van der Waals surface area contributed by atoms with Gasteiger partial charge in [0.2, 0.25) is 0 Å². The zero-order chi connectivity index (χ0) is 17.4. The molecule has 2 rings (SSSR count). The Morgan fingerprint density at radius 2 is 1.61 bits per heavy atom. The Morgan fingerprint density at radius 3 is 2.04 bits per heavy atom. The van der Waals surface area contributed by atoms with Gasteiger partial charge in [0, 0.05) is 13.1 Å². The third-order valence-electron chi connectivity index (χ3n) is 4.15. The van der Waals surface area contributed by atoms with Crippen molar-refractivity contribution in [1.82, 2.24) is 4.90 Å². The van der Waals surface area contributed by atoms with Crippen LogP contribution < -0.4 is 0 Å². The van der Waals surface area contributed by atoms with Crippen molar-refractivity contribution in [1.29, 1.82) is 0 Å². The number of aliphatic carboxylic acids is 1. The molecule has 23 heavy (non-hydrogen) atoms. The van der Waals surface area contributed by atoms with Crippen LogP contribution in [0.5, 0.6) is 0 Å². The smallest absolute Gasteiger partial charge is 0.410 e. The summed E-state index contributed by atoms with van der Waals surface area (Å²) >= 11 is 0. The first-order valence-electron chi connectivity index (χ1n) is 7.60. The van der Waals surface area contributed by atoms with E-state index in [4.69, 9.17) is 9.47 Å². The predicted octanol–water partition coefficient (Wildman–Crippen LogP) is 1.82. The second-order valence-electron chi connectivity index (χ2n) is 7.03. The molecule has 1 amide bonds. The highest BCUT2D eigenvalue weighted by molar-refractivity contribution is 5.82. The Morgan fingerprint density at radius 1 is 1.09 bits per heavy atom. The van der Waals surface area contributed by atoms with Gasteiger partial charge in [0.15, 0.2) is 0 Å². The van der Waals surface area contributed by atoms with E-state index < -0.39 is 35.5 Å². The van der Waals surface area contributed by atoms with E-state index in [1.54, 1.807) is 25.7 Å². The van der Waals surface area contributed by atoms with Crippen molar-refractivity contribution < 1.29 is 29.0 Å². The number of carboxylic acids is 1. The summed E-state index contributed by atoms with van der Waals surface area (Å²) in [7, 11) is 1.26. The predicted molar refractivity (Wildman–Crippen MR) is 80.7 cm³/mol. The minimum absolute atomic E-state index is 0.268. The van der Waals surface area contributed by atoms with Crippen LogP contribution in [0.4, 0.5) is 4.79 Å². The quantitative estimate of drug-likeness (QED) is 0.615. The van der Waals surface area contributed by atoms with Crippen molar-refractivity contribution in [2.45, 2.75) is 39.2 Å². The van der Waals surface area contributed by atoms with Crippen molar-refractivity contribution in [3.8, 4) is 0 Å². The maximum absolute atomic E-state index is 12.2. The third-order valence-corrected chi connectivity index (χ3v) is 4.15. The van der Waals surface area contributed by atoms with Gasteiger partial charge in [-0.3, -0.25) is 9.59 Å². The van der Waals surface area contributed by atoms with Crippen LogP contribution in [0, 0.1) is 11.8 Å². The van der Waals surface area contributed by atoms with Crippen molar-refractivity contribution >= 4 is 18.0 Å². The number of carboxylic acid groups (broad SMARTS) is 1. The van der Waals surface area contributed by atoms with Crippen molar-refractivity contribution in [3.05, 3.63) is 11.1 Å². The molecule has 2 aliphatic rings. The van der Waals surface area contributed by atoms with Crippen molar-refractivity contribution in [2.75, 3.05) is 20.2 Å². The molecule has 7 heteroatoms. The second kappa shape index (κ2) is 6.22. The first-order valence-corrected chi connectivity index (χ1v) is 7.60. The summed E-state index contributed by atoms with van der Waals surface area (Å²) < 4.78 is 10.1. The van der Waals surface area contributed by atoms with Gasteiger partial charge in [0.1, 0.15) is 5.60 Å². The van der Waals surface area contributed by atoms with Crippen LogP contribution in [0.3, 0.4) is 0 Å². The molecule has 0 fully saturated rings. The van der Waals surface area contributed by atoms with Crippen molar-refractivity contribution in [2.24, 2.45) is 11.8 Å². The highest BCUT2D eigenvalue weighted by atomic mass is 16.6. The number of ether oxygens (including phenoxy) is 2. The largest absolute Gasteiger partial charge is 0.481 e. The van der Waals surface area contributed by atoms with Gasteiger partial charge in [-0.1, -0.05) is 0 Å². The normalized spacial score (nSPS) is 24.3. The molecule has 1 aliphatic heterocycles. The van der Waals surface area contributed by atoms with Gasteiger partial charge in [-0.15, -0.1) is 0 Å². The molecule has 0 radical (unpaired) electrons. The number of nitrogens with zero attached hydrogens (tertiary/aromatic N) is 1. The molecule has 0 bridgehead atoms. The molecule has 0 aromatic rings. The Kier molecular flexibility index (Phi) is 4.68. The van der Waals surface area contributed by atoms with E-state index in [0.29, 0.717) is 19.5 Å². The summed E-state index contributed by atoms with van der Waals surface area (Å²) in [6, 6.07) is 0. The second-order valence-corrected chi connectivity index (χ2v) is 7.03. The van der Waals surface area contributed by atoms with Gasteiger partial charge in [0.25, 0.3) is 0 Å². The maximum Gasteiger partial charge on any atom is 0.410 e. The maximum atomic E-state index is 12.2. The van der Waals surface area contributed by atoms with Gasteiger partial charge in [-0.2, -0.15) is 0 Å². The summed E-state index contributed by atoms with van der Waals surface area (Å²) in [4.78, 5) is 37.0. The SMILES string of the molecule is COC(=O)C1CC2=C(CC1C(=O)O)CN(C(=O)OC(C)(C)C)C2. The zero-order valence-electron chi connectivity index (χ0n) is 13.9. The highest BCUT2D eigenvalue weighted by Gasteiger charge is 2.43. The van der Waals surface area contributed by atoms with E-state index in [1.165, 1.54) is 7.11 Å². The average Bonchev–Trinajstić information content (AvgIpc) is 2.86. The summed E-state index contributed by atoms with van der Waals surface area (Å²) in [6.45, 7) is 6.12. The van der Waals surface area contributed by atoms with E-state index >= 15 is 0 Å². The first-order chi connectivity index (χ1) is 10.6. The zero-order valence-corrected chi connectivity index (χ0v) is 13.9. The summed E-state index contributed by atoms with van der Waals surface area (Å²) in [5, 5.41) is 9.37. The summed E-state index contributed by atoms with van der Waals surface area (Å²) in [5.74, 6) is -3.03. The van der Waals surface area contributed by atoms with Crippen LogP contribution >= 0.6 is 0 Å². The lowest BCUT2D eigenvalue weighted by atomic mass is 9.76. The molecular weight excluding hydrogens is 302 g/mol. The lowest BCUT2D eigenvalue weighted by molar-refractivity contribution is -0.156. The molecular formula is C16H23NO6. The Balaban J connectivity index is 2.11. The number of carbonyl (C=O) groups is 3. The van der Waals surface area contributed by atoms with Crippen LogP contribution in [0.2, 0.25) is 0 Å². The molecule has 2 atom stereocenters. The van der Waals surface area contributed by atoms with Gasteiger partial charge in [-0.05, 0) is 44.8 Å². The van der Waals surface area contributed by atoms with Gasteiger partial charge < -0.3 is 19.5 Å². The Labute approximate surface area is 135 Å². The van der Waals surface area contributed by atoms with Gasteiger partial charge in [0.05, 0.1) is 18.9 Å². The highest BCUT2D eigenvalue weighted by Crippen LogP contribution is 2.39. The summed E-state index contributed by atoms with van der Waals surface area (Å²) in [6.07, 6.45) is 0.163. The van der Waals surface area contributed by atoms with E-state index in [2.05, 4.69) is 0 Å². The van der Waals surface area contributed by atoms with E-state index in [9.17, 15) is 19.5 Å². The number of carbonyl (C=O) groups excluding carboxylic acids is 2. The fourth-order valence-electron chi connectivity index (χ4n) is 3.09. The number of rotatable bonds is 2. The lowest BCUT2D eigenvalue weighted by Crippen LogP contribution is -2.35. The van der Waals surface area contributed by atoms with Gasteiger partial charge >= 0.3 is 18.0 Å². The van der Waals surface area contributed by atoms with Crippen LogP contribution in [0.25, 0.3) is 0 Å².